The molecule has 4 heterocycles. The van der Waals surface area contributed by atoms with Crippen LogP contribution in [0.4, 0.5) is 11.6 Å². The second kappa shape index (κ2) is 8.81. The van der Waals surface area contributed by atoms with Crippen molar-refractivity contribution in [1.82, 2.24) is 9.97 Å². The minimum atomic E-state index is 0.342. The SMILES string of the molecule is c1ccc2nc(N3CCC(OC4CCOCC4)CC3)c(N3CCOCC3)nc2c1. The molecule has 0 saturated carbocycles. The molecular weight excluding hydrogens is 368 g/mol. The van der Waals surface area contributed by atoms with E-state index in [1.54, 1.807) is 0 Å². The van der Waals surface area contributed by atoms with Crippen molar-refractivity contribution >= 4 is 22.7 Å². The van der Waals surface area contributed by atoms with Gasteiger partial charge in [-0.1, -0.05) is 12.1 Å². The van der Waals surface area contributed by atoms with E-state index in [-0.39, 0.29) is 0 Å². The van der Waals surface area contributed by atoms with Crippen LogP contribution in [0.15, 0.2) is 24.3 Å². The lowest BCUT2D eigenvalue weighted by Crippen LogP contribution is -2.42. The molecule has 2 aromatic rings. The Balaban J connectivity index is 1.33. The Kier molecular flexibility index (Phi) is 5.78. The lowest BCUT2D eigenvalue weighted by molar-refractivity contribution is -0.0743. The van der Waals surface area contributed by atoms with Crippen molar-refractivity contribution in [2.24, 2.45) is 0 Å². The molecule has 7 nitrogen and oxygen atoms in total. The molecule has 0 radical (unpaired) electrons. The van der Waals surface area contributed by atoms with Gasteiger partial charge in [-0.25, -0.2) is 9.97 Å². The summed E-state index contributed by atoms with van der Waals surface area (Å²) < 4.78 is 17.4. The Morgan fingerprint density at radius 3 is 1.83 bits per heavy atom. The van der Waals surface area contributed by atoms with E-state index in [1.807, 2.05) is 18.2 Å². The van der Waals surface area contributed by atoms with Gasteiger partial charge in [0.05, 0.1) is 36.5 Å². The van der Waals surface area contributed by atoms with Crippen molar-refractivity contribution in [3.05, 3.63) is 24.3 Å². The van der Waals surface area contributed by atoms with Gasteiger partial charge in [0, 0.05) is 39.4 Å². The largest absolute Gasteiger partial charge is 0.381 e. The van der Waals surface area contributed by atoms with Crippen molar-refractivity contribution in [1.29, 1.82) is 0 Å². The fourth-order valence-corrected chi connectivity index (χ4v) is 4.47. The number of fused-ring (bicyclic) bond motifs is 1. The normalized spacial score (nSPS) is 22.3. The number of aromatic nitrogens is 2. The molecule has 5 rings (SSSR count). The summed E-state index contributed by atoms with van der Waals surface area (Å²) in [4.78, 5) is 14.8. The zero-order chi connectivity index (χ0) is 19.5. The zero-order valence-electron chi connectivity index (χ0n) is 17.0. The third kappa shape index (κ3) is 4.32. The van der Waals surface area contributed by atoms with Crippen molar-refractivity contribution in [3.8, 4) is 0 Å². The molecule has 0 atom stereocenters. The van der Waals surface area contributed by atoms with Gasteiger partial charge in [0.25, 0.3) is 0 Å². The van der Waals surface area contributed by atoms with E-state index in [9.17, 15) is 0 Å². The molecule has 3 fully saturated rings. The van der Waals surface area contributed by atoms with Crippen LogP contribution in [0.25, 0.3) is 11.0 Å². The third-order valence-corrected chi connectivity index (χ3v) is 6.14. The van der Waals surface area contributed by atoms with E-state index >= 15 is 0 Å². The minimum Gasteiger partial charge on any atom is -0.381 e. The smallest absolute Gasteiger partial charge is 0.172 e. The van der Waals surface area contributed by atoms with Crippen LogP contribution < -0.4 is 9.80 Å². The second-order valence-corrected chi connectivity index (χ2v) is 8.09. The maximum absolute atomic E-state index is 6.36. The van der Waals surface area contributed by atoms with Gasteiger partial charge in [-0.15, -0.1) is 0 Å². The van der Waals surface area contributed by atoms with Gasteiger partial charge in [0.2, 0.25) is 0 Å². The van der Waals surface area contributed by atoms with Gasteiger partial charge in [0.1, 0.15) is 0 Å². The van der Waals surface area contributed by atoms with E-state index in [2.05, 4.69) is 15.9 Å². The molecule has 7 heteroatoms. The summed E-state index contributed by atoms with van der Waals surface area (Å²) >= 11 is 0. The van der Waals surface area contributed by atoms with E-state index in [0.29, 0.717) is 12.2 Å². The van der Waals surface area contributed by atoms with Gasteiger partial charge in [-0.05, 0) is 37.8 Å². The van der Waals surface area contributed by atoms with Crippen molar-refractivity contribution < 1.29 is 14.2 Å². The molecular formula is C22H30N4O3. The summed E-state index contributed by atoms with van der Waals surface area (Å²) in [7, 11) is 0. The highest BCUT2D eigenvalue weighted by Gasteiger charge is 2.28. The van der Waals surface area contributed by atoms with E-state index in [0.717, 1.165) is 101 Å². The highest BCUT2D eigenvalue weighted by Crippen LogP contribution is 2.31. The molecule has 0 amide bonds. The number of nitrogens with zero attached hydrogens (tertiary/aromatic N) is 4. The molecule has 0 N–H and O–H groups in total. The van der Waals surface area contributed by atoms with Crippen LogP contribution in [-0.2, 0) is 14.2 Å². The average Bonchev–Trinajstić information content (AvgIpc) is 2.80. The maximum atomic E-state index is 6.36. The average molecular weight is 399 g/mol. The highest BCUT2D eigenvalue weighted by molar-refractivity contribution is 5.81. The summed E-state index contributed by atoms with van der Waals surface area (Å²) in [5.74, 6) is 2.01. The molecule has 156 valence electrons. The number of anilines is 2. The Morgan fingerprint density at radius 1 is 0.690 bits per heavy atom. The Hall–Kier alpha value is -1.96. The maximum Gasteiger partial charge on any atom is 0.172 e. The number of rotatable bonds is 4. The van der Waals surface area contributed by atoms with Crippen LogP contribution in [-0.4, -0.2) is 74.8 Å². The lowest BCUT2D eigenvalue weighted by atomic mass is 10.1. The zero-order valence-corrected chi connectivity index (χ0v) is 17.0. The quantitative estimate of drug-likeness (QED) is 0.785. The van der Waals surface area contributed by atoms with Gasteiger partial charge in [0.15, 0.2) is 11.6 Å². The first-order valence-electron chi connectivity index (χ1n) is 10.9. The van der Waals surface area contributed by atoms with Crippen LogP contribution in [0.3, 0.4) is 0 Å². The number of hydrogen-bond acceptors (Lipinski definition) is 7. The number of hydrogen-bond donors (Lipinski definition) is 0. The Bertz CT molecular complexity index is 813. The van der Waals surface area contributed by atoms with Gasteiger partial charge < -0.3 is 24.0 Å². The van der Waals surface area contributed by atoms with Crippen LogP contribution in [0, 0.1) is 0 Å². The molecule has 0 spiro atoms. The fraction of sp³-hybridized carbons (Fsp3) is 0.636. The third-order valence-electron chi connectivity index (χ3n) is 6.14. The highest BCUT2D eigenvalue weighted by atomic mass is 16.5. The number of para-hydroxylation sites is 2. The van der Waals surface area contributed by atoms with Crippen LogP contribution in [0.2, 0.25) is 0 Å². The molecule has 0 unspecified atom stereocenters. The van der Waals surface area contributed by atoms with Crippen LogP contribution in [0.5, 0.6) is 0 Å². The Morgan fingerprint density at radius 2 is 1.21 bits per heavy atom. The number of morpholine rings is 1. The first kappa shape index (κ1) is 19.0. The van der Waals surface area contributed by atoms with Crippen molar-refractivity contribution in [2.75, 3.05) is 62.4 Å². The summed E-state index contributed by atoms with van der Waals surface area (Å²) in [6.45, 7) is 6.80. The van der Waals surface area contributed by atoms with Crippen LogP contribution >= 0.6 is 0 Å². The summed E-state index contributed by atoms with van der Waals surface area (Å²) in [5, 5.41) is 0. The van der Waals surface area contributed by atoms with Gasteiger partial charge in [-0.3, -0.25) is 0 Å². The summed E-state index contributed by atoms with van der Waals surface area (Å²) in [6, 6.07) is 8.15. The molecule has 1 aromatic heterocycles. The second-order valence-electron chi connectivity index (χ2n) is 8.09. The number of benzene rings is 1. The predicted octanol–water partition coefficient (Wildman–Crippen LogP) is 2.63. The molecule has 3 saturated heterocycles. The van der Waals surface area contributed by atoms with E-state index in [1.165, 1.54) is 0 Å². The number of ether oxygens (including phenoxy) is 3. The Labute approximate surface area is 172 Å². The predicted molar refractivity (Wildman–Crippen MR) is 113 cm³/mol. The minimum absolute atomic E-state index is 0.342. The van der Waals surface area contributed by atoms with Gasteiger partial charge >= 0.3 is 0 Å². The van der Waals surface area contributed by atoms with E-state index in [4.69, 9.17) is 24.2 Å². The standard InChI is InChI=1S/C22H30N4O3/c1-2-4-20-19(3-1)23-21(22(24-20)26-11-15-28-16-12-26)25-9-5-17(6-10-25)29-18-7-13-27-14-8-18/h1-4,17-18H,5-16H2. The van der Waals surface area contributed by atoms with Crippen LogP contribution in [0.1, 0.15) is 25.7 Å². The monoisotopic (exact) mass is 398 g/mol. The van der Waals surface area contributed by atoms with Gasteiger partial charge in [-0.2, -0.15) is 0 Å². The van der Waals surface area contributed by atoms with E-state index < -0.39 is 0 Å². The molecule has 1 aromatic carbocycles. The van der Waals surface area contributed by atoms with Crippen molar-refractivity contribution in [2.45, 2.75) is 37.9 Å². The molecule has 3 aliphatic rings. The first-order chi connectivity index (χ1) is 14.4. The first-order valence-corrected chi connectivity index (χ1v) is 10.9. The molecule has 0 bridgehead atoms. The molecule has 29 heavy (non-hydrogen) atoms. The lowest BCUT2D eigenvalue weighted by Gasteiger charge is -2.37. The van der Waals surface area contributed by atoms with Crippen molar-refractivity contribution in [3.63, 3.8) is 0 Å². The molecule has 3 aliphatic heterocycles. The summed E-state index contributed by atoms with van der Waals surface area (Å²) in [6.07, 6.45) is 4.83. The molecule has 0 aliphatic carbocycles. The number of piperidine rings is 1. The summed E-state index contributed by atoms with van der Waals surface area (Å²) in [5.41, 5.74) is 1.91. The topological polar surface area (TPSA) is 60.0 Å². The fourth-order valence-electron chi connectivity index (χ4n) is 4.47.